The third kappa shape index (κ3) is 2.98. The first-order chi connectivity index (χ1) is 9.17. The van der Waals surface area contributed by atoms with Crippen LogP contribution in [0.1, 0.15) is 31.1 Å². The number of halogens is 1. The normalized spacial score (nSPS) is 10.9. The van der Waals surface area contributed by atoms with Crippen molar-refractivity contribution in [3.63, 3.8) is 0 Å². The maximum absolute atomic E-state index is 13.7. The van der Waals surface area contributed by atoms with Gasteiger partial charge in [0.15, 0.2) is 5.82 Å². The Morgan fingerprint density at radius 2 is 2.00 bits per heavy atom. The first kappa shape index (κ1) is 13.7. The van der Waals surface area contributed by atoms with E-state index in [1.54, 1.807) is 4.68 Å². The molecule has 1 N–H and O–H groups in total. The molecule has 0 aliphatic heterocycles. The molecule has 0 radical (unpaired) electrons. The van der Waals surface area contributed by atoms with Gasteiger partial charge >= 0.3 is 0 Å². The van der Waals surface area contributed by atoms with Crippen LogP contribution in [-0.4, -0.2) is 21.8 Å². The molecule has 0 bridgehead atoms. The molecule has 2 aromatic rings. The van der Waals surface area contributed by atoms with E-state index in [9.17, 15) is 4.39 Å². The van der Waals surface area contributed by atoms with Crippen LogP contribution in [0.5, 0.6) is 0 Å². The van der Waals surface area contributed by atoms with Gasteiger partial charge in [0, 0.05) is 19.4 Å². The van der Waals surface area contributed by atoms with E-state index < -0.39 is 0 Å². The SMILES string of the molecule is CCc1nc(CC)n(-c2cc(F)cc(CNC)c2)n1. The second-order valence-corrected chi connectivity index (χ2v) is 4.41. The fraction of sp³-hybridized carbons (Fsp3) is 0.429. The zero-order valence-electron chi connectivity index (χ0n) is 11.6. The zero-order chi connectivity index (χ0) is 13.8. The van der Waals surface area contributed by atoms with E-state index in [-0.39, 0.29) is 5.82 Å². The predicted octanol–water partition coefficient (Wildman–Crippen LogP) is 2.25. The second kappa shape index (κ2) is 5.93. The van der Waals surface area contributed by atoms with Gasteiger partial charge in [-0.25, -0.2) is 14.1 Å². The summed E-state index contributed by atoms with van der Waals surface area (Å²) in [6.07, 6.45) is 1.55. The van der Waals surface area contributed by atoms with Crippen molar-refractivity contribution in [2.24, 2.45) is 0 Å². The molecule has 0 saturated heterocycles. The van der Waals surface area contributed by atoms with Crippen LogP contribution < -0.4 is 5.32 Å². The third-order valence-electron chi connectivity index (χ3n) is 2.92. The molecule has 19 heavy (non-hydrogen) atoms. The topological polar surface area (TPSA) is 42.7 Å². The molecular formula is C14H19FN4. The largest absolute Gasteiger partial charge is 0.316 e. The number of aromatic nitrogens is 3. The van der Waals surface area contributed by atoms with Gasteiger partial charge in [-0.15, -0.1) is 0 Å². The van der Waals surface area contributed by atoms with Crippen LogP contribution >= 0.6 is 0 Å². The van der Waals surface area contributed by atoms with Gasteiger partial charge in [0.2, 0.25) is 0 Å². The summed E-state index contributed by atoms with van der Waals surface area (Å²) >= 11 is 0. The fourth-order valence-corrected chi connectivity index (χ4v) is 2.04. The molecule has 0 saturated carbocycles. The lowest BCUT2D eigenvalue weighted by Gasteiger charge is -2.07. The van der Waals surface area contributed by atoms with Crippen molar-refractivity contribution in [2.75, 3.05) is 7.05 Å². The first-order valence-electron chi connectivity index (χ1n) is 6.57. The lowest BCUT2D eigenvalue weighted by Crippen LogP contribution is -2.08. The van der Waals surface area contributed by atoms with Crippen LogP contribution in [0.4, 0.5) is 4.39 Å². The van der Waals surface area contributed by atoms with Crippen molar-refractivity contribution >= 4 is 0 Å². The summed E-state index contributed by atoms with van der Waals surface area (Å²) < 4.78 is 15.4. The van der Waals surface area contributed by atoms with Gasteiger partial charge in [0.1, 0.15) is 11.6 Å². The minimum Gasteiger partial charge on any atom is -0.316 e. The quantitative estimate of drug-likeness (QED) is 0.898. The third-order valence-corrected chi connectivity index (χ3v) is 2.92. The van der Waals surface area contributed by atoms with E-state index in [0.717, 1.165) is 35.7 Å². The van der Waals surface area contributed by atoms with E-state index in [0.29, 0.717) is 6.54 Å². The second-order valence-electron chi connectivity index (χ2n) is 4.41. The Kier molecular flexibility index (Phi) is 4.27. The molecule has 0 spiro atoms. The number of benzene rings is 1. The first-order valence-corrected chi connectivity index (χ1v) is 6.57. The van der Waals surface area contributed by atoms with Crippen molar-refractivity contribution in [3.05, 3.63) is 41.2 Å². The summed E-state index contributed by atoms with van der Waals surface area (Å²) in [5.41, 5.74) is 1.63. The maximum atomic E-state index is 13.7. The predicted molar refractivity (Wildman–Crippen MR) is 72.8 cm³/mol. The average Bonchev–Trinajstić information content (AvgIpc) is 2.81. The van der Waals surface area contributed by atoms with Gasteiger partial charge in [0.25, 0.3) is 0 Å². The van der Waals surface area contributed by atoms with E-state index in [1.165, 1.54) is 12.1 Å². The standard InChI is InChI=1S/C14H19FN4/c1-4-13-17-14(5-2)19(18-13)12-7-10(9-16-3)6-11(15)8-12/h6-8,16H,4-5,9H2,1-3H3. The molecule has 102 valence electrons. The van der Waals surface area contributed by atoms with Crippen LogP contribution in [0.25, 0.3) is 5.69 Å². The van der Waals surface area contributed by atoms with Crippen molar-refractivity contribution in [1.82, 2.24) is 20.1 Å². The molecule has 2 rings (SSSR count). The summed E-state index contributed by atoms with van der Waals surface area (Å²) in [5.74, 6) is 1.40. The van der Waals surface area contributed by atoms with Crippen LogP contribution in [0.2, 0.25) is 0 Å². The molecule has 1 heterocycles. The number of rotatable bonds is 5. The summed E-state index contributed by atoms with van der Waals surface area (Å²) in [6.45, 7) is 4.66. The van der Waals surface area contributed by atoms with Crippen molar-refractivity contribution in [1.29, 1.82) is 0 Å². The summed E-state index contributed by atoms with van der Waals surface area (Å²) in [6, 6.07) is 4.96. The lowest BCUT2D eigenvalue weighted by molar-refractivity contribution is 0.620. The molecule has 0 aliphatic carbocycles. The summed E-state index contributed by atoms with van der Waals surface area (Å²) in [7, 11) is 1.84. The minimum absolute atomic E-state index is 0.252. The van der Waals surface area contributed by atoms with Gasteiger partial charge in [0.05, 0.1) is 5.69 Å². The molecule has 0 aliphatic rings. The smallest absolute Gasteiger partial charge is 0.151 e. The van der Waals surface area contributed by atoms with Gasteiger partial charge in [-0.05, 0) is 30.8 Å². The highest BCUT2D eigenvalue weighted by Gasteiger charge is 2.10. The van der Waals surface area contributed by atoms with Crippen molar-refractivity contribution < 1.29 is 4.39 Å². The monoisotopic (exact) mass is 262 g/mol. The Hall–Kier alpha value is -1.75. The van der Waals surface area contributed by atoms with Crippen molar-refractivity contribution in [2.45, 2.75) is 33.2 Å². The van der Waals surface area contributed by atoms with Crippen LogP contribution in [0.15, 0.2) is 18.2 Å². The molecule has 0 fully saturated rings. The Labute approximate surface area is 112 Å². The van der Waals surface area contributed by atoms with E-state index in [1.807, 2.05) is 27.0 Å². The lowest BCUT2D eigenvalue weighted by atomic mass is 10.2. The average molecular weight is 262 g/mol. The maximum Gasteiger partial charge on any atom is 0.151 e. The zero-order valence-corrected chi connectivity index (χ0v) is 11.6. The Morgan fingerprint density at radius 3 is 2.63 bits per heavy atom. The van der Waals surface area contributed by atoms with Crippen LogP contribution in [0.3, 0.4) is 0 Å². The Balaban J connectivity index is 2.48. The van der Waals surface area contributed by atoms with Gasteiger partial charge in [-0.2, -0.15) is 5.10 Å². The van der Waals surface area contributed by atoms with E-state index in [2.05, 4.69) is 15.4 Å². The molecule has 0 atom stereocenters. The molecule has 0 unspecified atom stereocenters. The Bertz CT molecular complexity index is 563. The number of nitrogens with one attached hydrogen (secondary N) is 1. The molecule has 4 nitrogen and oxygen atoms in total. The minimum atomic E-state index is -0.252. The van der Waals surface area contributed by atoms with Gasteiger partial charge in [-0.3, -0.25) is 0 Å². The number of aryl methyl sites for hydroxylation is 2. The van der Waals surface area contributed by atoms with Gasteiger partial charge in [-0.1, -0.05) is 13.8 Å². The molecular weight excluding hydrogens is 243 g/mol. The summed E-state index contributed by atoms with van der Waals surface area (Å²) in [5, 5.41) is 7.45. The molecule has 0 amide bonds. The fourth-order valence-electron chi connectivity index (χ4n) is 2.04. The van der Waals surface area contributed by atoms with Crippen LogP contribution in [0, 0.1) is 5.82 Å². The van der Waals surface area contributed by atoms with E-state index in [4.69, 9.17) is 0 Å². The van der Waals surface area contributed by atoms with E-state index >= 15 is 0 Å². The van der Waals surface area contributed by atoms with Gasteiger partial charge < -0.3 is 5.32 Å². The summed E-state index contributed by atoms with van der Waals surface area (Å²) in [4.78, 5) is 4.44. The van der Waals surface area contributed by atoms with Crippen LogP contribution in [-0.2, 0) is 19.4 Å². The highest BCUT2D eigenvalue weighted by Crippen LogP contribution is 2.15. The number of hydrogen-bond acceptors (Lipinski definition) is 3. The molecule has 5 heteroatoms. The molecule has 1 aromatic heterocycles. The number of nitrogens with zero attached hydrogens (tertiary/aromatic N) is 3. The Morgan fingerprint density at radius 1 is 1.21 bits per heavy atom. The molecule has 1 aromatic carbocycles. The number of hydrogen-bond donors (Lipinski definition) is 1. The van der Waals surface area contributed by atoms with Crippen molar-refractivity contribution in [3.8, 4) is 5.69 Å². The highest BCUT2D eigenvalue weighted by molar-refractivity contribution is 5.36. The highest BCUT2D eigenvalue weighted by atomic mass is 19.1.